The summed E-state index contributed by atoms with van der Waals surface area (Å²) in [6.45, 7) is -0.833. The minimum Gasteiger partial charge on any atom is -0.493 e. The van der Waals surface area contributed by atoms with E-state index in [2.05, 4.69) is 15.3 Å². The lowest BCUT2D eigenvalue weighted by Gasteiger charge is -2.16. The number of amides is 1. The summed E-state index contributed by atoms with van der Waals surface area (Å²) in [4.78, 5) is 45.2. The first-order valence-corrected chi connectivity index (χ1v) is 15.5. The number of carbonyl (C=O) groups excluding carboxylic acids is 2. The largest absolute Gasteiger partial charge is 0.493 e. The number of imidazole rings is 1. The lowest BCUT2D eigenvalue weighted by Crippen LogP contribution is -2.17. The van der Waals surface area contributed by atoms with Gasteiger partial charge in [-0.2, -0.15) is 0 Å². The normalized spacial score (nSPS) is 15.4. The molecule has 0 spiro atoms. The SMILES string of the molecule is COc1cc2cc(C(=O)C3CC(CCl)c4c3cc(NC(=O)OCc3ncc([N+](=O)[O-])n3CCO)c3ccccc43)[nH]c2c(OC)c1OC. The first-order chi connectivity index (χ1) is 23.2. The first kappa shape index (κ1) is 32.6. The molecule has 3 aromatic carbocycles. The molecular weight excluding hydrogens is 646 g/mol. The standard InChI is InChI=1S/C33H32ClN5O9/c1-45-25-12-17-11-24(36-29(17)32(47-3)31(25)46-2)30(41)22-10-18(14-34)28-20-7-5-4-6-19(20)23(13-21(22)28)37-33(42)48-16-26-35-15-27(39(43)44)38(26)8-9-40/h4-7,11-13,15,18,22,36,40H,8-10,14,16H2,1-3H3,(H,37,42). The predicted molar refractivity (Wildman–Crippen MR) is 177 cm³/mol. The number of methoxy groups -OCH3 is 3. The van der Waals surface area contributed by atoms with Crippen LogP contribution in [-0.2, 0) is 17.9 Å². The van der Waals surface area contributed by atoms with Crippen LogP contribution in [0.1, 0.15) is 45.7 Å². The Morgan fingerprint density at radius 1 is 1.12 bits per heavy atom. The number of nitrogens with one attached hydrogen (secondary N) is 2. The second kappa shape index (κ2) is 13.4. The summed E-state index contributed by atoms with van der Waals surface area (Å²) in [7, 11) is 4.54. The molecule has 0 aliphatic heterocycles. The summed E-state index contributed by atoms with van der Waals surface area (Å²) >= 11 is 6.48. The minimum absolute atomic E-state index is 0.0898. The Hall–Kier alpha value is -5.34. The van der Waals surface area contributed by atoms with Gasteiger partial charge in [-0.25, -0.2) is 14.3 Å². The lowest BCUT2D eigenvalue weighted by molar-refractivity contribution is -0.392. The molecule has 250 valence electrons. The Labute approximate surface area is 278 Å². The number of aliphatic hydroxyl groups excluding tert-OH is 1. The van der Waals surface area contributed by atoms with E-state index in [9.17, 15) is 24.8 Å². The second-order valence-corrected chi connectivity index (χ2v) is 11.4. The van der Waals surface area contributed by atoms with E-state index < -0.39 is 16.9 Å². The number of aromatic nitrogens is 3. The number of halogens is 1. The zero-order valence-corrected chi connectivity index (χ0v) is 27.0. The van der Waals surface area contributed by atoms with Crippen LogP contribution in [0, 0.1) is 10.1 Å². The molecule has 2 aromatic heterocycles. The number of hydrogen-bond donors (Lipinski definition) is 3. The number of Topliss-reactive ketones (excluding diaryl/α,β-unsaturated/α-hetero) is 1. The number of alkyl halides is 1. The van der Waals surface area contributed by atoms with Crippen LogP contribution < -0.4 is 19.5 Å². The number of aliphatic hydroxyl groups is 1. The number of rotatable bonds is 12. The van der Waals surface area contributed by atoms with Crippen molar-refractivity contribution in [1.29, 1.82) is 0 Å². The van der Waals surface area contributed by atoms with Crippen molar-refractivity contribution >= 4 is 56.7 Å². The molecule has 5 aromatic rings. The third-order valence-electron chi connectivity index (χ3n) is 8.61. The number of fused-ring (bicyclic) bond motifs is 4. The fraction of sp³-hybridized carbons (Fsp3) is 0.303. The molecule has 48 heavy (non-hydrogen) atoms. The van der Waals surface area contributed by atoms with E-state index in [4.69, 9.17) is 30.5 Å². The fourth-order valence-corrected chi connectivity index (χ4v) is 6.81. The molecule has 0 saturated carbocycles. The van der Waals surface area contributed by atoms with Crippen molar-refractivity contribution in [2.45, 2.75) is 31.4 Å². The van der Waals surface area contributed by atoms with E-state index in [0.717, 1.165) is 28.1 Å². The quantitative estimate of drug-likeness (QED) is 0.0624. The van der Waals surface area contributed by atoms with Crippen LogP contribution in [-0.4, -0.2) is 70.3 Å². The number of nitrogens with zero attached hydrogens (tertiary/aromatic N) is 3. The van der Waals surface area contributed by atoms with E-state index in [0.29, 0.717) is 46.0 Å². The molecule has 2 unspecified atom stereocenters. The van der Waals surface area contributed by atoms with Crippen molar-refractivity contribution in [3.05, 3.63) is 81.4 Å². The van der Waals surface area contributed by atoms with Gasteiger partial charge in [-0.3, -0.25) is 10.1 Å². The Morgan fingerprint density at radius 3 is 2.54 bits per heavy atom. The molecule has 3 N–H and O–H groups in total. The number of hydrogen-bond acceptors (Lipinski definition) is 10. The second-order valence-electron chi connectivity index (χ2n) is 11.1. The Bertz CT molecular complexity index is 2060. The van der Waals surface area contributed by atoms with Crippen molar-refractivity contribution < 1.29 is 38.6 Å². The third-order valence-corrected chi connectivity index (χ3v) is 8.98. The van der Waals surface area contributed by atoms with Gasteiger partial charge in [0.15, 0.2) is 23.9 Å². The molecule has 1 aliphatic rings. The van der Waals surface area contributed by atoms with Gasteiger partial charge in [0.1, 0.15) is 12.7 Å². The van der Waals surface area contributed by atoms with Gasteiger partial charge < -0.3 is 39.2 Å². The number of aromatic amines is 1. The van der Waals surface area contributed by atoms with Crippen molar-refractivity contribution in [3.63, 3.8) is 0 Å². The fourth-order valence-electron chi connectivity index (χ4n) is 6.53. The Morgan fingerprint density at radius 2 is 1.88 bits per heavy atom. The number of ketones is 1. The molecule has 1 amide bonds. The molecule has 1 aliphatic carbocycles. The minimum atomic E-state index is -0.832. The maximum atomic E-state index is 14.2. The number of anilines is 1. The summed E-state index contributed by atoms with van der Waals surface area (Å²) < 4.78 is 23.2. The van der Waals surface area contributed by atoms with E-state index in [-0.39, 0.29) is 49.0 Å². The molecule has 0 bridgehead atoms. The zero-order chi connectivity index (χ0) is 34.1. The molecule has 0 radical (unpaired) electrons. The number of carbonyl (C=O) groups is 2. The predicted octanol–water partition coefficient (Wildman–Crippen LogP) is 5.89. The molecule has 15 heteroatoms. The van der Waals surface area contributed by atoms with Gasteiger partial charge >= 0.3 is 11.9 Å². The number of nitro groups is 1. The van der Waals surface area contributed by atoms with E-state index in [1.165, 1.54) is 25.9 Å². The number of H-pyrrole nitrogens is 1. The lowest BCUT2D eigenvalue weighted by atomic mass is 9.91. The average Bonchev–Trinajstić information content (AvgIpc) is 3.81. The molecule has 2 atom stereocenters. The van der Waals surface area contributed by atoms with Crippen molar-refractivity contribution in [2.24, 2.45) is 0 Å². The van der Waals surface area contributed by atoms with Crippen molar-refractivity contribution in [2.75, 3.05) is 39.1 Å². The molecule has 0 fully saturated rings. The highest BCUT2D eigenvalue weighted by molar-refractivity contribution is 6.19. The number of benzene rings is 3. The van der Waals surface area contributed by atoms with Crippen LogP contribution in [0.25, 0.3) is 21.7 Å². The molecular formula is C33H32ClN5O9. The van der Waals surface area contributed by atoms with Crippen LogP contribution in [0.5, 0.6) is 17.2 Å². The summed E-state index contributed by atoms with van der Waals surface area (Å²) in [5.74, 6) is 0.443. The van der Waals surface area contributed by atoms with E-state index in [1.807, 2.05) is 24.3 Å². The number of ether oxygens (including phenoxy) is 4. The average molecular weight is 678 g/mol. The smallest absolute Gasteiger partial charge is 0.412 e. The van der Waals surface area contributed by atoms with Gasteiger partial charge in [0, 0.05) is 22.6 Å². The molecule has 0 saturated heterocycles. The molecule has 2 heterocycles. The summed E-state index contributed by atoms with van der Waals surface area (Å²) in [6, 6.07) is 12.8. The first-order valence-electron chi connectivity index (χ1n) is 14.9. The third kappa shape index (κ3) is 5.62. The molecule has 14 nitrogen and oxygen atoms in total. The van der Waals surface area contributed by atoms with Crippen LogP contribution >= 0.6 is 11.6 Å². The monoisotopic (exact) mass is 677 g/mol. The van der Waals surface area contributed by atoms with Gasteiger partial charge in [0.25, 0.3) is 0 Å². The summed E-state index contributed by atoms with van der Waals surface area (Å²) in [5, 5.41) is 25.7. The van der Waals surface area contributed by atoms with Crippen LogP contribution in [0.15, 0.2) is 48.7 Å². The van der Waals surface area contributed by atoms with Crippen LogP contribution in [0.4, 0.5) is 16.3 Å². The van der Waals surface area contributed by atoms with Gasteiger partial charge in [0.2, 0.25) is 11.6 Å². The van der Waals surface area contributed by atoms with E-state index >= 15 is 0 Å². The summed E-state index contributed by atoms with van der Waals surface area (Å²) in [6.07, 6.45) is 0.670. The Kier molecular flexibility index (Phi) is 9.11. The highest BCUT2D eigenvalue weighted by Crippen LogP contribution is 2.50. The van der Waals surface area contributed by atoms with Gasteiger partial charge in [-0.15, -0.1) is 11.6 Å². The Balaban J connectivity index is 1.34. The maximum Gasteiger partial charge on any atom is 0.412 e. The van der Waals surface area contributed by atoms with Crippen molar-refractivity contribution in [1.82, 2.24) is 14.5 Å². The topological polar surface area (TPSA) is 180 Å². The van der Waals surface area contributed by atoms with Crippen molar-refractivity contribution in [3.8, 4) is 17.2 Å². The summed E-state index contributed by atoms with van der Waals surface area (Å²) in [5.41, 5.74) is 3.03. The van der Waals surface area contributed by atoms with Crippen LogP contribution in [0.3, 0.4) is 0 Å². The highest BCUT2D eigenvalue weighted by Gasteiger charge is 2.38. The maximum absolute atomic E-state index is 14.2. The zero-order valence-electron chi connectivity index (χ0n) is 26.2. The molecule has 6 rings (SSSR count). The highest BCUT2D eigenvalue weighted by atomic mass is 35.5. The van der Waals surface area contributed by atoms with E-state index in [1.54, 1.807) is 18.2 Å². The van der Waals surface area contributed by atoms with Gasteiger partial charge in [-0.05, 0) is 52.0 Å². The van der Waals surface area contributed by atoms with Gasteiger partial charge in [0.05, 0.1) is 44.8 Å². The van der Waals surface area contributed by atoms with Gasteiger partial charge in [-0.1, -0.05) is 24.3 Å². The van der Waals surface area contributed by atoms with Crippen LogP contribution in [0.2, 0.25) is 0 Å².